The van der Waals surface area contributed by atoms with Crippen LogP contribution >= 0.6 is 0 Å². The van der Waals surface area contributed by atoms with E-state index in [-0.39, 0.29) is 18.6 Å². The van der Waals surface area contributed by atoms with Gasteiger partial charge in [0.25, 0.3) is 5.91 Å². The summed E-state index contributed by atoms with van der Waals surface area (Å²) in [5.41, 5.74) is 1.94. The smallest absolute Gasteiger partial charge is 0.339 e. The molecule has 0 saturated carbocycles. The molecular formula is C19H20NO6-. The Bertz CT molecular complexity index is 901. The highest BCUT2D eigenvalue weighted by molar-refractivity contribution is 5.84. The molecule has 1 atom stereocenters. The number of hydrogen-bond acceptors (Lipinski definition) is 6. The number of rotatable bonds is 6. The summed E-state index contributed by atoms with van der Waals surface area (Å²) in [5.74, 6) is -1.26. The molecule has 0 bridgehead atoms. The van der Waals surface area contributed by atoms with Crippen molar-refractivity contribution in [1.29, 1.82) is 0 Å². The average Bonchev–Trinajstić information content (AvgIpc) is 2.61. The molecule has 1 aliphatic carbocycles. The second-order valence-electron chi connectivity index (χ2n) is 6.38. The fourth-order valence-corrected chi connectivity index (χ4v) is 3.19. The molecule has 1 aromatic carbocycles. The number of benzene rings is 1. The zero-order valence-corrected chi connectivity index (χ0v) is 14.5. The number of carbonyl (C=O) groups is 2. The summed E-state index contributed by atoms with van der Waals surface area (Å²) in [5, 5.41) is 13.7. The Labute approximate surface area is 150 Å². The Morgan fingerprint density at radius 3 is 2.73 bits per heavy atom. The van der Waals surface area contributed by atoms with Gasteiger partial charge in [0.2, 0.25) is 0 Å². The Hall–Kier alpha value is -2.83. The highest BCUT2D eigenvalue weighted by Gasteiger charge is 2.19. The van der Waals surface area contributed by atoms with Crippen molar-refractivity contribution in [2.24, 2.45) is 0 Å². The first kappa shape index (κ1) is 18.0. The standard InChI is InChI=1S/C19H21NO6/c1-11(18(23)20-9-8-17(21)22)25-12-6-7-14-13-4-2-3-5-15(13)19(24)26-16(14)10-12/h6-7,10-11H,2-5,8-9H2,1H3,(H,20,23)(H,21,22)/p-1/t11-/m1/s1. The molecule has 1 heterocycles. The molecule has 0 spiro atoms. The minimum Gasteiger partial charge on any atom is -0.550 e. The number of carbonyl (C=O) groups excluding carboxylic acids is 2. The summed E-state index contributed by atoms with van der Waals surface area (Å²) in [6.45, 7) is 1.54. The molecule has 2 aromatic rings. The van der Waals surface area contributed by atoms with Crippen molar-refractivity contribution < 1.29 is 23.8 Å². The molecular weight excluding hydrogens is 338 g/mol. The van der Waals surface area contributed by atoms with Crippen LogP contribution in [0, 0.1) is 0 Å². The van der Waals surface area contributed by atoms with E-state index in [1.807, 2.05) is 6.07 Å². The first-order valence-corrected chi connectivity index (χ1v) is 8.68. The number of aliphatic carboxylic acids is 1. The summed E-state index contributed by atoms with van der Waals surface area (Å²) < 4.78 is 11.0. The average molecular weight is 358 g/mol. The number of hydrogen-bond donors (Lipinski definition) is 1. The molecule has 1 amide bonds. The highest BCUT2D eigenvalue weighted by atomic mass is 16.5. The van der Waals surface area contributed by atoms with Gasteiger partial charge < -0.3 is 24.4 Å². The van der Waals surface area contributed by atoms with Gasteiger partial charge >= 0.3 is 5.63 Å². The van der Waals surface area contributed by atoms with E-state index in [9.17, 15) is 19.5 Å². The zero-order valence-electron chi connectivity index (χ0n) is 14.5. The maximum absolute atomic E-state index is 12.2. The number of ether oxygens (including phenoxy) is 1. The lowest BCUT2D eigenvalue weighted by Crippen LogP contribution is -2.38. The number of nitrogens with one attached hydrogen (secondary N) is 1. The Morgan fingerprint density at radius 2 is 2.00 bits per heavy atom. The molecule has 138 valence electrons. The molecule has 26 heavy (non-hydrogen) atoms. The normalized spacial score (nSPS) is 14.5. The number of carboxylic acids is 1. The first-order chi connectivity index (χ1) is 12.5. The molecule has 0 saturated heterocycles. The SMILES string of the molecule is C[C@@H](Oc1ccc2c3c(c(=O)oc2c1)CCCC3)C(=O)NCCC(=O)[O-]. The van der Waals surface area contributed by atoms with Gasteiger partial charge in [-0.3, -0.25) is 4.79 Å². The highest BCUT2D eigenvalue weighted by Crippen LogP contribution is 2.29. The predicted molar refractivity (Wildman–Crippen MR) is 91.8 cm³/mol. The summed E-state index contributed by atoms with van der Waals surface area (Å²) in [7, 11) is 0. The summed E-state index contributed by atoms with van der Waals surface area (Å²) in [6, 6.07) is 5.19. The van der Waals surface area contributed by atoms with Crippen molar-refractivity contribution >= 4 is 22.8 Å². The van der Waals surface area contributed by atoms with Gasteiger partial charge in [0.05, 0.1) is 0 Å². The van der Waals surface area contributed by atoms with Crippen molar-refractivity contribution in [1.82, 2.24) is 5.32 Å². The molecule has 0 aliphatic heterocycles. The topological polar surface area (TPSA) is 109 Å². The molecule has 0 fully saturated rings. The number of aryl methyl sites for hydroxylation is 1. The lowest BCUT2D eigenvalue weighted by atomic mass is 9.91. The lowest BCUT2D eigenvalue weighted by molar-refractivity contribution is -0.305. The molecule has 1 aliphatic rings. The molecule has 0 unspecified atom stereocenters. The van der Waals surface area contributed by atoms with Crippen molar-refractivity contribution in [2.75, 3.05) is 6.54 Å². The zero-order chi connectivity index (χ0) is 18.7. The summed E-state index contributed by atoms with van der Waals surface area (Å²) in [6.07, 6.45) is 2.56. The van der Waals surface area contributed by atoms with Crippen LogP contribution in [0.25, 0.3) is 11.0 Å². The van der Waals surface area contributed by atoms with Crippen LogP contribution in [0.4, 0.5) is 0 Å². The molecule has 3 rings (SSSR count). The van der Waals surface area contributed by atoms with Gasteiger partial charge in [-0.15, -0.1) is 0 Å². The molecule has 7 nitrogen and oxygen atoms in total. The van der Waals surface area contributed by atoms with Crippen molar-refractivity contribution in [3.63, 3.8) is 0 Å². The molecule has 0 radical (unpaired) electrons. The summed E-state index contributed by atoms with van der Waals surface area (Å²) in [4.78, 5) is 34.4. The van der Waals surface area contributed by atoms with Crippen molar-refractivity contribution in [3.8, 4) is 5.75 Å². The van der Waals surface area contributed by atoms with Crippen LogP contribution in [0.2, 0.25) is 0 Å². The second kappa shape index (κ2) is 7.59. The van der Waals surface area contributed by atoms with E-state index in [0.717, 1.165) is 42.2 Å². The van der Waals surface area contributed by atoms with E-state index >= 15 is 0 Å². The largest absolute Gasteiger partial charge is 0.550 e. The van der Waals surface area contributed by atoms with Crippen molar-refractivity contribution in [3.05, 3.63) is 39.7 Å². The van der Waals surface area contributed by atoms with Gasteiger partial charge in [0, 0.05) is 36.0 Å². The van der Waals surface area contributed by atoms with E-state index in [1.165, 1.54) is 0 Å². The van der Waals surface area contributed by atoms with Crippen LogP contribution in [0.3, 0.4) is 0 Å². The van der Waals surface area contributed by atoms with Gasteiger partial charge in [-0.1, -0.05) is 0 Å². The predicted octanol–water partition coefficient (Wildman–Crippen LogP) is 0.695. The second-order valence-corrected chi connectivity index (χ2v) is 6.38. The van der Waals surface area contributed by atoms with Gasteiger partial charge in [-0.05, 0) is 50.3 Å². The van der Waals surface area contributed by atoms with Crippen molar-refractivity contribution in [2.45, 2.75) is 45.1 Å². The summed E-state index contributed by atoms with van der Waals surface area (Å²) >= 11 is 0. The van der Waals surface area contributed by atoms with E-state index in [4.69, 9.17) is 9.15 Å². The third kappa shape index (κ3) is 3.87. The third-order valence-electron chi connectivity index (χ3n) is 4.51. The van der Waals surface area contributed by atoms with Crippen LogP contribution in [0.1, 0.15) is 37.3 Å². The maximum Gasteiger partial charge on any atom is 0.339 e. The van der Waals surface area contributed by atoms with Crippen LogP contribution < -0.4 is 20.8 Å². The van der Waals surface area contributed by atoms with Gasteiger partial charge in [-0.25, -0.2) is 4.79 Å². The fourth-order valence-electron chi connectivity index (χ4n) is 3.19. The van der Waals surface area contributed by atoms with Crippen LogP contribution in [0.15, 0.2) is 27.4 Å². The minimum atomic E-state index is -1.23. The van der Waals surface area contributed by atoms with Gasteiger partial charge in [-0.2, -0.15) is 0 Å². The first-order valence-electron chi connectivity index (χ1n) is 8.68. The Morgan fingerprint density at radius 1 is 1.27 bits per heavy atom. The lowest BCUT2D eigenvalue weighted by Gasteiger charge is -2.18. The quantitative estimate of drug-likeness (QED) is 0.761. The number of amides is 1. The number of fused-ring (bicyclic) bond motifs is 3. The van der Waals surface area contributed by atoms with Gasteiger partial charge in [0.1, 0.15) is 11.3 Å². The van der Waals surface area contributed by atoms with Crippen LogP contribution in [-0.2, 0) is 22.4 Å². The monoisotopic (exact) mass is 358 g/mol. The Balaban J connectivity index is 1.76. The van der Waals surface area contributed by atoms with Crippen LogP contribution in [0.5, 0.6) is 5.75 Å². The fraction of sp³-hybridized carbons (Fsp3) is 0.421. The van der Waals surface area contributed by atoms with E-state index < -0.39 is 18.0 Å². The van der Waals surface area contributed by atoms with E-state index in [1.54, 1.807) is 19.1 Å². The third-order valence-corrected chi connectivity index (χ3v) is 4.51. The van der Waals surface area contributed by atoms with E-state index in [2.05, 4.69) is 5.32 Å². The van der Waals surface area contributed by atoms with E-state index in [0.29, 0.717) is 11.3 Å². The molecule has 1 N–H and O–H groups in total. The maximum atomic E-state index is 12.2. The molecule has 7 heteroatoms. The van der Waals surface area contributed by atoms with Crippen LogP contribution in [-0.4, -0.2) is 24.5 Å². The molecule has 1 aromatic heterocycles. The Kier molecular flexibility index (Phi) is 5.25. The minimum absolute atomic E-state index is 0.0202. The number of carboxylic acid groups (broad SMARTS) is 1. The van der Waals surface area contributed by atoms with Gasteiger partial charge in [0.15, 0.2) is 6.10 Å².